The zero-order chi connectivity index (χ0) is 9.90. The fraction of sp³-hybridized carbons (Fsp3) is 0.111. The van der Waals surface area contributed by atoms with Crippen LogP contribution in [0.25, 0.3) is 6.08 Å². The van der Waals surface area contributed by atoms with Crippen molar-refractivity contribution >= 4 is 17.7 Å². The van der Waals surface area contributed by atoms with Gasteiger partial charge in [0, 0.05) is 11.1 Å². The molecule has 0 atom stereocenters. The summed E-state index contributed by atoms with van der Waals surface area (Å²) in [7, 11) is 0. The van der Waals surface area contributed by atoms with E-state index in [1.165, 1.54) is 24.3 Å². The molecular formula is C9H6ClF3. The summed E-state index contributed by atoms with van der Waals surface area (Å²) in [4.78, 5) is 0. The van der Waals surface area contributed by atoms with Gasteiger partial charge in [0.1, 0.15) is 0 Å². The Bertz CT molecular complexity index is 298. The molecule has 0 radical (unpaired) electrons. The van der Waals surface area contributed by atoms with Crippen molar-refractivity contribution < 1.29 is 13.2 Å². The summed E-state index contributed by atoms with van der Waals surface area (Å²) in [5.41, 5.74) is 0.474. The minimum Gasteiger partial charge on any atom is -0.167 e. The Labute approximate surface area is 78.6 Å². The number of halogens is 4. The lowest BCUT2D eigenvalue weighted by atomic mass is 10.2. The molecule has 0 nitrogen and oxygen atoms in total. The van der Waals surface area contributed by atoms with Gasteiger partial charge in [-0.3, -0.25) is 0 Å². The lowest BCUT2D eigenvalue weighted by Gasteiger charge is -1.97. The Hall–Kier alpha value is -0.960. The van der Waals surface area contributed by atoms with Crippen LogP contribution in [0.4, 0.5) is 13.2 Å². The van der Waals surface area contributed by atoms with Crippen LogP contribution in [0.15, 0.2) is 30.3 Å². The molecule has 1 aromatic carbocycles. The van der Waals surface area contributed by atoms with Gasteiger partial charge in [0.2, 0.25) is 0 Å². The monoisotopic (exact) mass is 206 g/mol. The molecule has 0 aliphatic rings. The maximum absolute atomic E-state index is 11.7. The molecule has 0 N–H and O–H groups in total. The van der Waals surface area contributed by atoms with E-state index in [0.717, 1.165) is 6.08 Å². The van der Waals surface area contributed by atoms with Crippen molar-refractivity contribution in [2.45, 2.75) is 6.18 Å². The van der Waals surface area contributed by atoms with Crippen molar-refractivity contribution in [3.05, 3.63) is 40.9 Å². The normalized spacial score (nSPS) is 12.3. The van der Waals surface area contributed by atoms with E-state index < -0.39 is 6.18 Å². The lowest BCUT2D eigenvalue weighted by Crippen LogP contribution is -1.99. The molecule has 0 saturated heterocycles. The highest BCUT2D eigenvalue weighted by molar-refractivity contribution is 6.30. The SMILES string of the molecule is FC(F)(F)/C=C\c1ccc(Cl)cc1. The molecule has 13 heavy (non-hydrogen) atoms. The third kappa shape index (κ3) is 3.99. The van der Waals surface area contributed by atoms with E-state index in [9.17, 15) is 13.2 Å². The third-order valence-corrected chi connectivity index (χ3v) is 1.59. The highest BCUT2D eigenvalue weighted by Crippen LogP contribution is 2.18. The fourth-order valence-electron chi connectivity index (χ4n) is 0.765. The van der Waals surface area contributed by atoms with Gasteiger partial charge in [-0.25, -0.2) is 0 Å². The van der Waals surface area contributed by atoms with Gasteiger partial charge in [-0.1, -0.05) is 29.8 Å². The van der Waals surface area contributed by atoms with Crippen LogP contribution >= 0.6 is 11.6 Å². The van der Waals surface area contributed by atoms with E-state index in [-0.39, 0.29) is 6.08 Å². The summed E-state index contributed by atoms with van der Waals surface area (Å²) < 4.78 is 35.1. The van der Waals surface area contributed by atoms with Gasteiger partial charge in [-0.2, -0.15) is 13.2 Å². The molecule has 0 heterocycles. The number of hydrogen-bond acceptors (Lipinski definition) is 0. The summed E-state index contributed by atoms with van der Waals surface area (Å²) in [6.07, 6.45) is -3.08. The maximum atomic E-state index is 11.7. The summed E-state index contributed by atoms with van der Waals surface area (Å²) in [6, 6.07) is 6.12. The highest BCUT2D eigenvalue weighted by Gasteiger charge is 2.21. The van der Waals surface area contributed by atoms with E-state index in [1.807, 2.05) is 0 Å². The van der Waals surface area contributed by atoms with Gasteiger partial charge in [0.05, 0.1) is 0 Å². The Morgan fingerprint density at radius 2 is 1.62 bits per heavy atom. The predicted molar refractivity (Wildman–Crippen MR) is 46.5 cm³/mol. The Morgan fingerprint density at radius 1 is 1.08 bits per heavy atom. The molecule has 0 amide bonds. The summed E-state index contributed by atoms with van der Waals surface area (Å²) >= 11 is 5.56. The lowest BCUT2D eigenvalue weighted by molar-refractivity contribution is -0.0790. The van der Waals surface area contributed by atoms with Crippen LogP contribution in [-0.2, 0) is 0 Å². The molecule has 0 aliphatic heterocycles. The maximum Gasteiger partial charge on any atom is 0.409 e. The number of allylic oxidation sites excluding steroid dienone is 1. The average Bonchev–Trinajstić information content (AvgIpc) is 2.02. The molecule has 0 bridgehead atoms. The largest absolute Gasteiger partial charge is 0.409 e. The topological polar surface area (TPSA) is 0 Å². The van der Waals surface area contributed by atoms with Crippen molar-refractivity contribution in [1.29, 1.82) is 0 Å². The van der Waals surface area contributed by atoms with Crippen LogP contribution in [-0.4, -0.2) is 6.18 Å². The van der Waals surface area contributed by atoms with Crippen LogP contribution in [0.3, 0.4) is 0 Å². The van der Waals surface area contributed by atoms with Crippen molar-refractivity contribution in [2.75, 3.05) is 0 Å². The van der Waals surface area contributed by atoms with Gasteiger partial charge in [0.15, 0.2) is 0 Å². The van der Waals surface area contributed by atoms with Crippen LogP contribution < -0.4 is 0 Å². The second-order valence-corrected chi connectivity index (χ2v) is 2.86. The van der Waals surface area contributed by atoms with Crippen molar-refractivity contribution in [1.82, 2.24) is 0 Å². The molecule has 4 heteroatoms. The van der Waals surface area contributed by atoms with E-state index in [0.29, 0.717) is 10.6 Å². The molecule has 0 spiro atoms. The van der Waals surface area contributed by atoms with E-state index >= 15 is 0 Å². The predicted octanol–water partition coefficient (Wildman–Crippen LogP) is 3.92. The van der Waals surface area contributed by atoms with Crippen LogP contribution in [0.5, 0.6) is 0 Å². The number of rotatable bonds is 1. The number of hydrogen-bond donors (Lipinski definition) is 0. The van der Waals surface area contributed by atoms with Crippen molar-refractivity contribution in [3.63, 3.8) is 0 Å². The Kier molecular flexibility index (Phi) is 2.98. The van der Waals surface area contributed by atoms with Gasteiger partial charge in [0.25, 0.3) is 0 Å². The van der Waals surface area contributed by atoms with Gasteiger partial charge < -0.3 is 0 Å². The third-order valence-electron chi connectivity index (χ3n) is 1.33. The molecule has 70 valence electrons. The van der Waals surface area contributed by atoms with Gasteiger partial charge in [-0.15, -0.1) is 0 Å². The second-order valence-electron chi connectivity index (χ2n) is 2.43. The second kappa shape index (κ2) is 3.83. The molecule has 0 fully saturated rings. The summed E-state index contributed by atoms with van der Waals surface area (Å²) in [5, 5.41) is 0.504. The molecule has 1 rings (SSSR count). The highest BCUT2D eigenvalue weighted by atomic mass is 35.5. The molecule has 0 unspecified atom stereocenters. The Balaban J connectivity index is 2.75. The number of alkyl halides is 3. The minimum absolute atomic E-state index is 0.191. The summed E-state index contributed by atoms with van der Waals surface area (Å²) in [6.45, 7) is 0. The van der Waals surface area contributed by atoms with Crippen molar-refractivity contribution in [2.24, 2.45) is 0 Å². The van der Waals surface area contributed by atoms with E-state index in [2.05, 4.69) is 0 Å². The first kappa shape index (κ1) is 10.1. The smallest absolute Gasteiger partial charge is 0.167 e. The first-order chi connectivity index (χ1) is 5.97. The molecular weight excluding hydrogens is 201 g/mol. The van der Waals surface area contributed by atoms with Crippen LogP contribution in [0, 0.1) is 0 Å². The minimum atomic E-state index is -4.26. The zero-order valence-electron chi connectivity index (χ0n) is 6.48. The fourth-order valence-corrected chi connectivity index (χ4v) is 0.891. The van der Waals surface area contributed by atoms with E-state index in [4.69, 9.17) is 11.6 Å². The zero-order valence-corrected chi connectivity index (χ0v) is 7.23. The first-order valence-corrected chi connectivity index (χ1v) is 3.87. The quantitative estimate of drug-likeness (QED) is 0.654. The average molecular weight is 207 g/mol. The first-order valence-electron chi connectivity index (χ1n) is 3.49. The molecule has 1 aromatic rings. The van der Waals surface area contributed by atoms with Crippen LogP contribution in [0.1, 0.15) is 5.56 Å². The van der Waals surface area contributed by atoms with E-state index in [1.54, 1.807) is 0 Å². The van der Waals surface area contributed by atoms with Gasteiger partial charge in [-0.05, 0) is 17.7 Å². The van der Waals surface area contributed by atoms with Gasteiger partial charge >= 0.3 is 6.18 Å². The number of benzene rings is 1. The van der Waals surface area contributed by atoms with Crippen molar-refractivity contribution in [3.8, 4) is 0 Å². The van der Waals surface area contributed by atoms with Crippen LogP contribution in [0.2, 0.25) is 5.02 Å². The summed E-state index contributed by atoms with van der Waals surface area (Å²) in [5.74, 6) is 0. The Morgan fingerprint density at radius 3 is 2.08 bits per heavy atom. The standard InChI is InChI=1S/C9H6ClF3/c10-8-3-1-7(2-4-8)5-6-9(11,12)13/h1-6H/b6-5-. The molecule has 0 saturated carbocycles. The molecule has 0 aliphatic carbocycles. The molecule has 0 aromatic heterocycles.